The van der Waals surface area contributed by atoms with Gasteiger partial charge in [0.1, 0.15) is 6.04 Å². The number of hydrogen-bond acceptors (Lipinski definition) is 5. The summed E-state index contributed by atoms with van der Waals surface area (Å²) < 4.78 is 1.68. The highest BCUT2D eigenvalue weighted by atomic mass is 16.2. The second-order valence-electron chi connectivity index (χ2n) is 7.22. The summed E-state index contributed by atoms with van der Waals surface area (Å²) in [5.74, 6) is -0.173. The minimum Gasteiger partial charge on any atom is -0.345 e. The van der Waals surface area contributed by atoms with E-state index in [-0.39, 0.29) is 17.2 Å². The first-order valence-electron chi connectivity index (χ1n) is 8.07. The Labute approximate surface area is 147 Å². The van der Waals surface area contributed by atoms with Crippen LogP contribution in [0.1, 0.15) is 34.1 Å². The topological polar surface area (TPSA) is 102 Å². The van der Waals surface area contributed by atoms with Gasteiger partial charge in [0.05, 0.1) is 11.9 Å². The fraction of sp³-hybridized carbons (Fsp3) is 0.471. The zero-order chi connectivity index (χ0) is 18.6. The molecule has 134 valence electrons. The molecule has 0 bridgehead atoms. The van der Waals surface area contributed by atoms with Gasteiger partial charge in [-0.05, 0) is 24.5 Å². The summed E-state index contributed by atoms with van der Waals surface area (Å²) in [6, 6.07) is 2.76. The molecule has 0 aliphatic carbocycles. The van der Waals surface area contributed by atoms with Crippen LogP contribution in [0.5, 0.6) is 0 Å². The van der Waals surface area contributed by atoms with E-state index in [0.717, 1.165) is 5.56 Å². The maximum absolute atomic E-state index is 12.2. The Kier molecular flexibility index (Phi) is 5.51. The highest BCUT2D eigenvalue weighted by Gasteiger charge is 2.20. The predicted molar refractivity (Wildman–Crippen MR) is 94.5 cm³/mol. The van der Waals surface area contributed by atoms with Crippen LogP contribution < -0.4 is 10.6 Å². The van der Waals surface area contributed by atoms with Crippen LogP contribution in [0.25, 0.3) is 11.3 Å². The summed E-state index contributed by atoms with van der Waals surface area (Å²) in [5, 5.41) is 17.5. The normalized spacial score (nSPS) is 12.5. The third-order valence-electron chi connectivity index (χ3n) is 3.38. The molecule has 2 rings (SSSR count). The molecule has 0 saturated carbocycles. The molecule has 0 fully saturated rings. The van der Waals surface area contributed by atoms with Crippen LogP contribution in [0.2, 0.25) is 0 Å². The summed E-state index contributed by atoms with van der Waals surface area (Å²) in [7, 11) is 1.82. The molecule has 2 amide bonds. The SMILES string of the molecule is C[C@@H](NC(=O)CC(C)(C)C)C(=O)Nc1ccc(-c2cnn(C)c2)nn1. The average Bonchev–Trinajstić information content (AvgIpc) is 2.92. The summed E-state index contributed by atoms with van der Waals surface area (Å²) >= 11 is 0. The van der Waals surface area contributed by atoms with Gasteiger partial charge >= 0.3 is 0 Å². The Morgan fingerprint density at radius 1 is 1.24 bits per heavy atom. The molecule has 0 unspecified atom stereocenters. The minimum atomic E-state index is -0.658. The van der Waals surface area contributed by atoms with Crippen molar-refractivity contribution >= 4 is 17.6 Å². The summed E-state index contributed by atoms with van der Waals surface area (Å²) in [6.07, 6.45) is 3.87. The number of nitrogens with zero attached hydrogens (tertiary/aromatic N) is 4. The highest BCUT2D eigenvalue weighted by molar-refractivity contribution is 5.96. The van der Waals surface area contributed by atoms with Crippen LogP contribution in [0.15, 0.2) is 24.5 Å². The van der Waals surface area contributed by atoms with Crippen molar-refractivity contribution < 1.29 is 9.59 Å². The maximum atomic E-state index is 12.2. The van der Waals surface area contributed by atoms with E-state index >= 15 is 0 Å². The summed E-state index contributed by atoms with van der Waals surface area (Å²) in [6.45, 7) is 7.54. The third kappa shape index (κ3) is 5.66. The zero-order valence-electron chi connectivity index (χ0n) is 15.2. The summed E-state index contributed by atoms with van der Waals surface area (Å²) in [5.41, 5.74) is 1.38. The number of hydrogen-bond donors (Lipinski definition) is 2. The van der Waals surface area contributed by atoms with Crippen LogP contribution in [0, 0.1) is 5.41 Å². The van der Waals surface area contributed by atoms with Gasteiger partial charge in [0.15, 0.2) is 5.82 Å². The second-order valence-corrected chi connectivity index (χ2v) is 7.22. The van der Waals surface area contributed by atoms with Gasteiger partial charge in [0, 0.05) is 25.2 Å². The number of aromatic nitrogens is 4. The lowest BCUT2D eigenvalue weighted by molar-refractivity contribution is -0.127. The van der Waals surface area contributed by atoms with Crippen molar-refractivity contribution in [1.29, 1.82) is 0 Å². The van der Waals surface area contributed by atoms with E-state index in [1.165, 1.54) is 0 Å². The quantitative estimate of drug-likeness (QED) is 0.860. The second kappa shape index (κ2) is 7.42. The van der Waals surface area contributed by atoms with E-state index in [1.807, 2.05) is 34.0 Å². The Balaban J connectivity index is 1.92. The number of anilines is 1. The van der Waals surface area contributed by atoms with Crippen LogP contribution >= 0.6 is 0 Å². The predicted octanol–water partition coefficient (Wildman–Crippen LogP) is 1.76. The van der Waals surface area contributed by atoms with Gasteiger partial charge in [0.2, 0.25) is 11.8 Å². The van der Waals surface area contributed by atoms with Crippen molar-refractivity contribution in [3.63, 3.8) is 0 Å². The minimum absolute atomic E-state index is 0.131. The molecular weight excluding hydrogens is 320 g/mol. The molecule has 2 N–H and O–H groups in total. The molecule has 0 radical (unpaired) electrons. The van der Waals surface area contributed by atoms with Gasteiger partial charge < -0.3 is 10.6 Å². The average molecular weight is 344 g/mol. The van der Waals surface area contributed by atoms with Crippen molar-refractivity contribution in [3.8, 4) is 11.3 Å². The van der Waals surface area contributed by atoms with Crippen molar-refractivity contribution in [1.82, 2.24) is 25.3 Å². The fourth-order valence-corrected chi connectivity index (χ4v) is 2.18. The fourth-order valence-electron chi connectivity index (χ4n) is 2.18. The number of carbonyl (C=O) groups excluding carboxylic acids is 2. The van der Waals surface area contributed by atoms with E-state index in [1.54, 1.807) is 29.9 Å². The Morgan fingerprint density at radius 3 is 2.48 bits per heavy atom. The number of rotatable bonds is 5. The molecule has 2 heterocycles. The molecule has 2 aromatic rings. The molecule has 2 aromatic heterocycles. The monoisotopic (exact) mass is 344 g/mol. The van der Waals surface area contributed by atoms with Crippen LogP contribution in [0.3, 0.4) is 0 Å². The lowest BCUT2D eigenvalue weighted by Gasteiger charge is -2.19. The van der Waals surface area contributed by atoms with Crippen molar-refractivity contribution in [3.05, 3.63) is 24.5 Å². The molecule has 8 nitrogen and oxygen atoms in total. The van der Waals surface area contributed by atoms with E-state index in [0.29, 0.717) is 17.9 Å². The Bertz CT molecular complexity index is 745. The van der Waals surface area contributed by atoms with Crippen LogP contribution in [0.4, 0.5) is 5.82 Å². The first-order valence-corrected chi connectivity index (χ1v) is 8.07. The Morgan fingerprint density at radius 2 is 1.96 bits per heavy atom. The van der Waals surface area contributed by atoms with E-state index in [2.05, 4.69) is 25.9 Å². The largest absolute Gasteiger partial charge is 0.345 e. The first kappa shape index (κ1) is 18.6. The van der Waals surface area contributed by atoms with Crippen LogP contribution in [-0.2, 0) is 16.6 Å². The molecule has 8 heteroatoms. The Hall–Kier alpha value is -2.77. The lowest BCUT2D eigenvalue weighted by atomic mass is 9.92. The van der Waals surface area contributed by atoms with Crippen molar-refractivity contribution in [2.75, 3.05) is 5.32 Å². The van der Waals surface area contributed by atoms with E-state index in [9.17, 15) is 9.59 Å². The molecule has 0 aliphatic heterocycles. The van der Waals surface area contributed by atoms with Gasteiger partial charge in [-0.3, -0.25) is 14.3 Å². The molecule has 0 spiro atoms. The molecule has 0 aromatic carbocycles. The summed E-state index contributed by atoms with van der Waals surface area (Å²) in [4.78, 5) is 24.1. The number of carbonyl (C=O) groups is 2. The van der Waals surface area contributed by atoms with Gasteiger partial charge in [-0.25, -0.2) is 0 Å². The highest BCUT2D eigenvalue weighted by Crippen LogP contribution is 2.18. The molecular formula is C17H24N6O2. The zero-order valence-corrected chi connectivity index (χ0v) is 15.2. The standard InChI is InChI=1S/C17H24N6O2/c1-11(19-15(24)8-17(2,3)4)16(25)20-14-7-6-13(21-22-14)12-9-18-23(5)10-12/h6-7,9-11H,8H2,1-5H3,(H,19,24)(H,20,22,25)/t11-/m1/s1. The molecule has 1 atom stereocenters. The number of nitrogens with one attached hydrogen (secondary N) is 2. The lowest BCUT2D eigenvalue weighted by Crippen LogP contribution is -2.42. The van der Waals surface area contributed by atoms with Crippen LogP contribution in [-0.4, -0.2) is 37.8 Å². The van der Waals surface area contributed by atoms with E-state index in [4.69, 9.17) is 0 Å². The molecule has 25 heavy (non-hydrogen) atoms. The number of amides is 2. The van der Waals surface area contributed by atoms with Gasteiger partial charge in [-0.2, -0.15) is 5.10 Å². The smallest absolute Gasteiger partial charge is 0.247 e. The first-order chi connectivity index (χ1) is 11.6. The van der Waals surface area contributed by atoms with Gasteiger partial charge in [0.25, 0.3) is 0 Å². The van der Waals surface area contributed by atoms with Gasteiger partial charge in [-0.15, -0.1) is 10.2 Å². The van der Waals surface area contributed by atoms with Gasteiger partial charge in [-0.1, -0.05) is 20.8 Å². The maximum Gasteiger partial charge on any atom is 0.247 e. The molecule has 0 aliphatic rings. The third-order valence-corrected chi connectivity index (χ3v) is 3.38. The van der Waals surface area contributed by atoms with Crippen molar-refractivity contribution in [2.45, 2.75) is 40.2 Å². The molecule has 0 saturated heterocycles. The van der Waals surface area contributed by atoms with Crippen molar-refractivity contribution in [2.24, 2.45) is 12.5 Å². The van der Waals surface area contributed by atoms with E-state index < -0.39 is 6.04 Å². The number of aryl methyl sites for hydroxylation is 1.